The quantitative estimate of drug-likeness (QED) is 0.407. The van der Waals surface area contributed by atoms with Gasteiger partial charge in [-0.3, -0.25) is 4.79 Å². The van der Waals surface area contributed by atoms with E-state index in [9.17, 15) is 18.0 Å². The lowest BCUT2D eigenvalue weighted by molar-refractivity contribution is -0.140. The van der Waals surface area contributed by atoms with Gasteiger partial charge in [-0.1, -0.05) is 18.2 Å². The van der Waals surface area contributed by atoms with Crippen molar-refractivity contribution >= 4 is 16.8 Å². The third kappa shape index (κ3) is 3.97. The summed E-state index contributed by atoms with van der Waals surface area (Å²) < 4.78 is 51.1. The molecule has 36 heavy (non-hydrogen) atoms. The topological polar surface area (TPSA) is 94.5 Å². The first-order valence-corrected chi connectivity index (χ1v) is 11.3. The van der Waals surface area contributed by atoms with Crippen molar-refractivity contribution in [2.45, 2.75) is 39.2 Å². The number of hydrogen-bond donors (Lipinski definition) is 1. The van der Waals surface area contributed by atoms with Gasteiger partial charge in [-0.25, -0.2) is 9.97 Å². The fraction of sp³-hybridized carbons (Fsp3) is 0.269. The van der Waals surface area contributed by atoms with Crippen LogP contribution in [0.4, 0.5) is 13.2 Å². The molecule has 4 aromatic rings. The third-order valence-corrected chi connectivity index (χ3v) is 6.34. The number of fused-ring (bicyclic) bond motifs is 2. The van der Waals surface area contributed by atoms with Crippen LogP contribution in [-0.4, -0.2) is 27.9 Å². The van der Waals surface area contributed by atoms with Gasteiger partial charge in [0.25, 0.3) is 5.91 Å². The van der Waals surface area contributed by atoms with E-state index in [1.54, 1.807) is 17.9 Å². The lowest BCUT2D eigenvalue weighted by Gasteiger charge is -2.15. The molecule has 0 radical (unpaired) electrons. The van der Waals surface area contributed by atoms with E-state index in [0.29, 0.717) is 24.0 Å². The molecule has 2 aromatic heterocycles. The summed E-state index contributed by atoms with van der Waals surface area (Å²) in [6.45, 7) is 4.55. The molecule has 186 valence electrons. The Balaban J connectivity index is 1.59. The number of hydrogen-bond acceptors (Lipinski definition) is 6. The van der Waals surface area contributed by atoms with Gasteiger partial charge < -0.3 is 19.8 Å². The molecule has 0 saturated heterocycles. The van der Waals surface area contributed by atoms with E-state index >= 15 is 0 Å². The van der Waals surface area contributed by atoms with Gasteiger partial charge in [-0.2, -0.15) is 13.2 Å². The number of aryl methyl sites for hydroxylation is 1. The molecule has 1 aliphatic rings. The maximum absolute atomic E-state index is 13.5. The maximum Gasteiger partial charge on any atom is 0.433 e. The van der Waals surface area contributed by atoms with Crippen LogP contribution in [0.3, 0.4) is 0 Å². The van der Waals surface area contributed by atoms with Gasteiger partial charge in [-0.05, 0) is 54.8 Å². The molecule has 0 aliphatic carbocycles. The Bertz CT molecular complexity index is 1490. The van der Waals surface area contributed by atoms with Crippen molar-refractivity contribution in [1.82, 2.24) is 14.9 Å². The predicted molar refractivity (Wildman–Crippen MR) is 126 cm³/mol. The van der Waals surface area contributed by atoms with E-state index in [1.165, 1.54) is 19.2 Å². The molecular formula is C26H23F3N4O3. The second-order valence-corrected chi connectivity index (χ2v) is 8.80. The predicted octanol–water partition coefficient (Wildman–Crippen LogP) is 5.40. The Kier molecular flexibility index (Phi) is 5.71. The molecule has 0 unspecified atom stereocenters. The van der Waals surface area contributed by atoms with Crippen molar-refractivity contribution in [2.24, 2.45) is 5.73 Å². The summed E-state index contributed by atoms with van der Waals surface area (Å²) in [5.41, 5.74) is 8.79. The van der Waals surface area contributed by atoms with Crippen molar-refractivity contribution < 1.29 is 27.1 Å². The Morgan fingerprint density at radius 2 is 1.92 bits per heavy atom. The van der Waals surface area contributed by atoms with Crippen molar-refractivity contribution in [3.8, 4) is 17.2 Å². The highest BCUT2D eigenvalue weighted by Gasteiger charge is 2.34. The molecule has 7 nitrogen and oxygen atoms in total. The van der Waals surface area contributed by atoms with E-state index in [1.807, 2.05) is 25.1 Å². The zero-order valence-corrected chi connectivity index (χ0v) is 19.8. The van der Waals surface area contributed by atoms with E-state index in [0.717, 1.165) is 22.8 Å². The smallest absolute Gasteiger partial charge is 0.433 e. The van der Waals surface area contributed by atoms with E-state index in [4.69, 9.17) is 14.9 Å². The normalized spacial score (nSPS) is 14.2. The van der Waals surface area contributed by atoms with Gasteiger partial charge in [0.15, 0.2) is 11.5 Å². The molecule has 1 atom stereocenters. The third-order valence-electron chi connectivity index (χ3n) is 6.34. The fourth-order valence-electron chi connectivity index (χ4n) is 4.49. The van der Waals surface area contributed by atoms with Crippen molar-refractivity contribution in [2.75, 3.05) is 7.11 Å². The monoisotopic (exact) mass is 496 g/mol. The second kappa shape index (κ2) is 8.63. The summed E-state index contributed by atoms with van der Waals surface area (Å²) in [5, 5.41) is 0.336. The Labute approximate surface area is 204 Å². The van der Waals surface area contributed by atoms with E-state index in [-0.39, 0.29) is 34.5 Å². The molecular weight excluding hydrogens is 473 g/mol. The van der Waals surface area contributed by atoms with Gasteiger partial charge in [0.2, 0.25) is 5.89 Å². The van der Waals surface area contributed by atoms with Crippen LogP contribution in [0.25, 0.3) is 22.4 Å². The zero-order valence-electron chi connectivity index (χ0n) is 19.8. The molecule has 2 aromatic carbocycles. The first-order chi connectivity index (χ1) is 17.1. The molecule has 3 heterocycles. The number of aromatic nitrogens is 2. The lowest BCUT2D eigenvalue weighted by Crippen LogP contribution is -2.27. The number of halogens is 3. The summed E-state index contributed by atoms with van der Waals surface area (Å²) in [6.07, 6.45) is -4.62. The number of methoxy groups -OCH3 is 1. The number of ether oxygens (including phenoxy) is 1. The Morgan fingerprint density at radius 3 is 2.58 bits per heavy atom. The van der Waals surface area contributed by atoms with E-state index < -0.39 is 17.9 Å². The average molecular weight is 496 g/mol. The average Bonchev–Trinajstić information content (AvgIpc) is 3.48. The maximum atomic E-state index is 13.5. The minimum atomic E-state index is -4.62. The molecule has 0 saturated carbocycles. The van der Waals surface area contributed by atoms with Gasteiger partial charge in [-0.15, -0.1) is 0 Å². The fourth-order valence-corrected chi connectivity index (χ4v) is 4.49. The summed E-state index contributed by atoms with van der Waals surface area (Å²) in [6, 6.07) is 10.6. The molecule has 10 heteroatoms. The highest BCUT2D eigenvalue weighted by atomic mass is 19.4. The van der Waals surface area contributed by atoms with Crippen LogP contribution >= 0.6 is 0 Å². The number of pyridine rings is 1. The first-order valence-electron chi connectivity index (χ1n) is 11.3. The van der Waals surface area contributed by atoms with Crippen molar-refractivity contribution in [3.05, 3.63) is 76.3 Å². The lowest BCUT2D eigenvalue weighted by atomic mass is 10.1. The van der Waals surface area contributed by atoms with Gasteiger partial charge in [0, 0.05) is 24.0 Å². The van der Waals surface area contributed by atoms with E-state index in [2.05, 4.69) is 9.97 Å². The highest BCUT2D eigenvalue weighted by Crippen LogP contribution is 2.38. The number of amides is 1. The largest absolute Gasteiger partial charge is 0.494 e. The van der Waals surface area contributed by atoms with Crippen molar-refractivity contribution in [3.63, 3.8) is 0 Å². The van der Waals surface area contributed by atoms with Gasteiger partial charge in [0.05, 0.1) is 13.2 Å². The molecule has 0 bridgehead atoms. The number of alkyl halides is 3. The Morgan fingerprint density at radius 1 is 1.14 bits per heavy atom. The van der Waals surface area contributed by atoms with Crippen LogP contribution in [0.15, 0.2) is 46.9 Å². The van der Waals surface area contributed by atoms with Crippen LogP contribution < -0.4 is 10.5 Å². The number of carbonyl (C=O) groups excluding carboxylic acids is 1. The van der Waals surface area contributed by atoms with Crippen LogP contribution in [0.1, 0.15) is 51.6 Å². The number of oxazole rings is 1. The minimum absolute atomic E-state index is 0.00344. The molecule has 1 aliphatic heterocycles. The summed E-state index contributed by atoms with van der Waals surface area (Å²) in [4.78, 5) is 23.4. The van der Waals surface area contributed by atoms with Crippen LogP contribution in [0, 0.1) is 6.92 Å². The summed E-state index contributed by atoms with van der Waals surface area (Å²) in [7, 11) is 1.35. The van der Waals surface area contributed by atoms with Gasteiger partial charge in [0.1, 0.15) is 17.0 Å². The number of nitrogens with two attached hydrogens (primary N) is 1. The Hall–Kier alpha value is -3.92. The molecule has 2 N–H and O–H groups in total. The SMILES string of the molecule is COc1ccc(-c2nc(C(=O)N3Cc4cccc(C)c4C3)c([C@H](C)N)o2)c2ccc(C(F)(F)F)nc12. The molecule has 0 spiro atoms. The summed E-state index contributed by atoms with van der Waals surface area (Å²) in [5.74, 6) is 0.0998. The standard InChI is InChI=1S/C26H23F3N4O3/c1-13-5-4-6-15-11-33(12-18(13)15)25(34)22-23(14(2)30)36-24(32-22)17-7-9-19(35-3)21-16(17)8-10-20(31-21)26(27,28)29/h4-10,14H,11-12,30H2,1-3H3/t14-/m0/s1. The van der Waals surface area contributed by atoms with Gasteiger partial charge >= 0.3 is 6.18 Å². The number of carbonyl (C=O) groups is 1. The minimum Gasteiger partial charge on any atom is -0.494 e. The second-order valence-electron chi connectivity index (χ2n) is 8.80. The highest BCUT2D eigenvalue weighted by molar-refractivity contribution is 5.98. The zero-order chi connectivity index (χ0) is 25.8. The van der Waals surface area contributed by atoms with Crippen LogP contribution in [0.2, 0.25) is 0 Å². The first kappa shape index (κ1) is 23.8. The number of rotatable bonds is 4. The van der Waals surface area contributed by atoms with Crippen LogP contribution in [-0.2, 0) is 19.3 Å². The number of benzene rings is 2. The molecule has 1 amide bonds. The number of nitrogens with zero attached hydrogens (tertiary/aromatic N) is 3. The van der Waals surface area contributed by atoms with Crippen LogP contribution in [0.5, 0.6) is 5.75 Å². The van der Waals surface area contributed by atoms with Crippen molar-refractivity contribution in [1.29, 1.82) is 0 Å². The molecule has 5 rings (SSSR count). The molecule has 0 fully saturated rings. The summed E-state index contributed by atoms with van der Waals surface area (Å²) >= 11 is 0.